The van der Waals surface area contributed by atoms with Crippen molar-refractivity contribution in [1.82, 2.24) is 24.9 Å². The number of carbonyl (C=O) groups excluding carboxylic acids is 1. The second-order valence-corrected chi connectivity index (χ2v) is 10.0. The molecule has 0 aliphatic rings. The summed E-state index contributed by atoms with van der Waals surface area (Å²) in [6.45, 7) is 2.90. The van der Waals surface area contributed by atoms with E-state index in [1.165, 1.54) is 29.8 Å². The van der Waals surface area contributed by atoms with Crippen LogP contribution in [-0.4, -0.2) is 55.4 Å². The predicted molar refractivity (Wildman–Crippen MR) is 147 cm³/mol. The van der Waals surface area contributed by atoms with E-state index in [0.717, 1.165) is 5.39 Å². The first-order chi connectivity index (χ1) is 19.2. The lowest BCUT2D eigenvalue weighted by molar-refractivity contribution is 0.0379. The molecule has 1 aromatic carbocycles. The smallest absolute Gasteiger partial charge is 0.412 e. The summed E-state index contributed by atoms with van der Waals surface area (Å²) in [6.07, 6.45) is 1.97. The van der Waals surface area contributed by atoms with Crippen molar-refractivity contribution in [3.8, 4) is 22.2 Å². The summed E-state index contributed by atoms with van der Waals surface area (Å²) in [5.74, 6) is -0.163. The quantitative estimate of drug-likeness (QED) is 0.243. The van der Waals surface area contributed by atoms with Crippen LogP contribution in [0.2, 0.25) is 5.02 Å². The van der Waals surface area contributed by atoms with Crippen LogP contribution in [0, 0.1) is 5.82 Å². The van der Waals surface area contributed by atoms with Crippen LogP contribution >= 0.6 is 22.9 Å². The van der Waals surface area contributed by atoms with Crippen molar-refractivity contribution in [2.75, 3.05) is 12.4 Å². The van der Waals surface area contributed by atoms with Gasteiger partial charge in [-0.25, -0.2) is 24.1 Å². The molecule has 0 radical (unpaired) electrons. The summed E-state index contributed by atoms with van der Waals surface area (Å²) in [4.78, 5) is 33.8. The molecule has 0 saturated carbocycles. The van der Waals surface area contributed by atoms with E-state index in [2.05, 4.69) is 30.2 Å². The van der Waals surface area contributed by atoms with Crippen molar-refractivity contribution in [3.05, 3.63) is 59.5 Å². The number of benzene rings is 1. The fourth-order valence-corrected chi connectivity index (χ4v) is 4.83. The van der Waals surface area contributed by atoms with E-state index < -0.39 is 24.1 Å². The number of aliphatic hydroxyl groups excluding tert-OH is 1. The molecule has 14 heteroatoms. The number of anilines is 1. The Morgan fingerprint density at radius 1 is 1.10 bits per heavy atom. The average Bonchev–Trinajstić information content (AvgIpc) is 3.35. The van der Waals surface area contributed by atoms with Gasteiger partial charge in [0.2, 0.25) is 0 Å². The van der Waals surface area contributed by atoms with Crippen molar-refractivity contribution >= 4 is 56.0 Å². The van der Waals surface area contributed by atoms with Crippen molar-refractivity contribution in [1.29, 1.82) is 0 Å². The Morgan fingerprint density at radius 2 is 1.88 bits per heavy atom. The summed E-state index contributed by atoms with van der Waals surface area (Å²) < 4.78 is 31.3. The number of hydrogen-bond donors (Lipinski definition) is 2. The van der Waals surface area contributed by atoms with Crippen LogP contribution in [-0.2, 0) is 11.3 Å². The van der Waals surface area contributed by atoms with Crippen LogP contribution in [0.15, 0.2) is 42.9 Å². The number of aliphatic hydroxyl groups is 1. The van der Waals surface area contributed by atoms with Crippen LogP contribution in [0.1, 0.15) is 19.7 Å². The number of thiazole rings is 1. The molecule has 11 nitrogen and oxygen atoms in total. The third-order valence-corrected chi connectivity index (χ3v) is 7.06. The largest absolute Gasteiger partial charge is 0.495 e. The van der Waals surface area contributed by atoms with E-state index in [9.17, 15) is 9.18 Å². The van der Waals surface area contributed by atoms with Crippen LogP contribution in [0.25, 0.3) is 31.8 Å². The molecule has 4 aromatic heterocycles. The highest BCUT2D eigenvalue weighted by Gasteiger charge is 2.23. The molecular formula is C26H22ClFN6O5S. The number of ether oxygens (including phenoxy) is 3. The molecule has 5 aromatic rings. The molecule has 2 N–H and O–H groups in total. The van der Waals surface area contributed by atoms with Crippen molar-refractivity contribution in [2.45, 2.75) is 32.7 Å². The first-order valence-electron chi connectivity index (χ1n) is 11.9. The number of hydrogen-bond acceptors (Lipinski definition) is 11. The molecule has 0 unspecified atom stereocenters. The number of nitrogens with one attached hydrogen (secondary N) is 1. The standard InChI is InChI=1S/C26H22ClFN6O5S/c1-12(13(2)39-26(36)32-16-8-29-21(11-35)30-9-16)38-23-19(28)7-20-25(34-23)40-24(33-20)18-6-15(27)4-14-5-17(37-3)10-31-22(14)18/h4-10,12-13,35H,11H2,1-3H3,(H,32,36)/t12-,13+/m0/s1. The van der Waals surface area contributed by atoms with Crippen LogP contribution in [0.4, 0.5) is 14.9 Å². The zero-order valence-corrected chi connectivity index (χ0v) is 23.0. The van der Waals surface area contributed by atoms with Gasteiger partial charge >= 0.3 is 6.09 Å². The zero-order valence-electron chi connectivity index (χ0n) is 21.4. The number of carbonyl (C=O) groups is 1. The van der Waals surface area contributed by atoms with Crippen LogP contribution < -0.4 is 14.8 Å². The number of fused-ring (bicyclic) bond motifs is 2. The van der Waals surface area contributed by atoms with Gasteiger partial charge < -0.3 is 19.3 Å². The van der Waals surface area contributed by atoms with Gasteiger partial charge in [-0.05, 0) is 32.0 Å². The minimum Gasteiger partial charge on any atom is -0.495 e. The molecule has 1 amide bonds. The van der Waals surface area contributed by atoms with Crippen LogP contribution in [0.3, 0.4) is 0 Å². The second-order valence-electron chi connectivity index (χ2n) is 8.62. The fourth-order valence-electron chi connectivity index (χ4n) is 3.68. The van der Waals surface area contributed by atoms with Gasteiger partial charge in [-0.2, -0.15) is 4.98 Å². The van der Waals surface area contributed by atoms with Crippen LogP contribution in [0.5, 0.6) is 11.6 Å². The third-order valence-electron chi connectivity index (χ3n) is 5.84. The monoisotopic (exact) mass is 584 g/mol. The SMILES string of the molecule is COc1cnc2c(-c3nc4cc(F)c(O[C@@H](C)[C@@H](C)OC(=O)Nc5cnc(CO)nc5)nc4s3)cc(Cl)cc2c1. The molecule has 4 heterocycles. The number of pyridine rings is 2. The van der Waals surface area contributed by atoms with E-state index in [1.54, 1.807) is 39.3 Å². The molecule has 0 spiro atoms. The maximum Gasteiger partial charge on any atom is 0.412 e. The number of aromatic nitrogens is 5. The lowest BCUT2D eigenvalue weighted by Gasteiger charge is -2.21. The maximum atomic E-state index is 14.9. The Kier molecular flexibility index (Phi) is 7.87. The number of methoxy groups -OCH3 is 1. The number of rotatable bonds is 8. The molecule has 5 rings (SSSR count). The van der Waals surface area contributed by atoms with Gasteiger partial charge in [0.1, 0.15) is 39.9 Å². The first kappa shape index (κ1) is 27.4. The summed E-state index contributed by atoms with van der Waals surface area (Å²) in [5.41, 5.74) is 1.96. The molecule has 0 bridgehead atoms. The summed E-state index contributed by atoms with van der Waals surface area (Å²) >= 11 is 7.59. The third kappa shape index (κ3) is 5.86. The minimum absolute atomic E-state index is 0.215. The van der Waals surface area contributed by atoms with E-state index in [-0.39, 0.29) is 24.0 Å². The average molecular weight is 585 g/mol. The molecule has 0 aliphatic carbocycles. The van der Waals surface area contributed by atoms with E-state index >= 15 is 0 Å². The Labute approximate surface area is 236 Å². The summed E-state index contributed by atoms with van der Waals surface area (Å²) in [5, 5.41) is 13.3. The van der Waals surface area contributed by atoms with Gasteiger partial charge in [0.15, 0.2) is 11.6 Å². The van der Waals surface area contributed by atoms with Gasteiger partial charge in [0.25, 0.3) is 5.88 Å². The van der Waals surface area contributed by atoms with Crippen molar-refractivity contribution < 1.29 is 28.5 Å². The van der Waals surface area contributed by atoms with Gasteiger partial charge in [-0.3, -0.25) is 10.3 Å². The predicted octanol–water partition coefficient (Wildman–Crippen LogP) is 5.39. The lowest BCUT2D eigenvalue weighted by Crippen LogP contribution is -2.33. The van der Waals surface area contributed by atoms with E-state index in [1.807, 2.05) is 6.07 Å². The Bertz CT molecular complexity index is 1700. The lowest BCUT2D eigenvalue weighted by atomic mass is 10.1. The summed E-state index contributed by atoms with van der Waals surface area (Å²) in [7, 11) is 1.55. The maximum absolute atomic E-state index is 14.9. The molecular weight excluding hydrogens is 563 g/mol. The van der Waals surface area contributed by atoms with E-state index in [0.29, 0.717) is 37.2 Å². The van der Waals surface area contributed by atoms with Crippen molar-refractivity contribution in [2.24, 2.45) is 0 Å². The molecule has 40 heavy (non-hydrogen) atoms. The normalized spacial score (nSPS) is 12.8. The highest BCUT2D eigenvalue weighted by Crippen LogP contribution is 2.37. The topological polar surface area (TPSA) is 141 Å². The zero-order chi connectivity index (χ0) is 28.4. The second kappa shape index (κ2) is 11.5. The molecule has 0 fully saturated rings. The molecule has 0 aliphatic heterocycles. The number of halogens is 2. The van der Waals surface area contributed by atoms with Gasteiger partial charge in [-0.1, -0.05) is 22.9 Å². The number of nitrogens with zero attached hydrogens (tertiary/aromatic N) is 5. The number of amides is 1. The highest BCUT2D eigenvalue weighted by molar-refractivity contribution is 7.21. The minimum atomic E-state index is -0.778. The Morgan fingerprint density at radius 3 is 2.60 bits per heavy atom. The molecule has 0 saturated heterocycles. The van der Waals surface area contributed by atoms with E-state index in [4.69, 9.17) is 30.9 Å². The van der Waals surface area contributed by atoms with Crippen molar-refractivity contribution in [3.63, 3.8) is 0 Å². The Balaban J connectivity index is 1.32. The Hall–Kier alpha value is -4.20. The molecule has 206 valence electrons. The summed E-state index contributed by atoms with van der Waals surface area (Å²) in [6, 6.07) is 6.58. The van der Waals surface area contributed by atoms with Gasteiger partial charge in [-0.15, -0.1) is 0 Å². The van der Waals surface area contributed by atoms with Gasteiger partial charge in [0, 0.05) is 22.0 Å². The fraction of sp³-hybridized carbons (Fsp3) is 0.231. The first-order valence-corrected chi connectivity index (χ1v) is 13.1. The molecule has 2 atom stereocenters. The van der Waals surface area contributed by atoms with Gasteiger partial charge in [0.05, 0.1) is 36.9 Å². The highest BCUT2D eigenvalue weighted by atomic mass is 35.5.